The molecule has 0 aromatic rings. The summed E-state index contributed by atoms with van der Waals surface area (Å²) < 4.78 is 4.01. The molecule has 0 aromatic heterocycles. The summed E-state index contributed by atoms with van der Waals surface area (Å²) in [4.78, 5) is 0. The van der Waals surface area contributed by atoms with Crippen molar-refractivity contribution in [2.75, 3.05) is 0 Å². The average molecular weight is 539 g/mol. The Hall–Kier alpha value is 0.857. The topological polar surface area (TPSA) is 0 Å². The summed E-state index contributed by atoms with van der Waals surface area (Å²) in [6.07, 6.45) is 11.9. The second kappa shape index (κ2) is 11.5. The number of hydrogen-bond acceptors (Lipinski definition) is 0. The molecule has 0 aromatic carbocycles. The number of allylic oxidation sites excluding steroid dienone is 8. The first-order valence-electron chi connectivity index (χ1n) is 10.9. The van der Waals surface area contributed by atoms with Crippen LogP contribution in [0, 0.1) is 23.7 Å². The molecule has 2 rings (SSSR count). The van der Waals surface area contributed by atoms with Crippen LogP contribution < -0.4 is 0 Å². The van der Waals surface area contributed by atoms with E-state index >= 15 is 0 Å². The van der Waals surface area contributed by atoms with Gasteiger partial charge in [0.25, 0.3) is 0 Å². The van der Waals surface area contributed by atoms with Crippen LogP contribution in [-0.2, 0) is 18.6 Å². The minimum atomic E-state index is -2.48. The van der Waals surface area contributed by atoms with Gasteiger partial charge in [-0.3, -0.25) is 0 Å². The molecule has 5 heteroatoms. The third-order valence-corrected chi connectivity index (χ3v) is 76.4. The van der Waals surface area contributed by atoms with E-state index in [4.69, 9.17) is 0 Å². The van der Waals surface area contributed by atoms with E-state index in [9.17, 15) is 0 Å². The first-order valence-corrected chi connectivity index (χ1v) is 27.6. The molecule has 1 atom stereocenters. The molecular formula is C23H44Cl2Si2Zr. The first kappa shape index (κ1) is 28.9. The number of hydrogen-bond donors (Lipinski definition) is 0. The van der Waals surface area contributed by atoms with E-state index in [2.05, 4.69) is 92.0 Å². The standard InChI is InChI=1S/C11H17.C8H11.2C2H7Si.2ClH.Zr/c1-8(2)10-5-6-11(7-10)9(3)4;1-7(2)8-5-3-4-6-8;2*1-3-2;;;/h5,7-9,11H,1-4H3;3,5,7H,6H2,1-2H3;2*3H,1-2H3;2*1H;. The van der Waals surface area contributed by atoms with Crippen LogP contribution in [0.25, 0.3) is 0 Å². The maximum atomic E-state index is 2.75. The summed E-state index contributed by atoms with van der Waals surface area (Å²) >= 11 is -2.48. The van der Waals surface area contributed by atoms with E-state index in [1.165, 1.54) is 6.42 Å². The smallest absolute Gasteiger partial charge is 0.147 e. The molecule has 0 bridgehead atoms. The van der Waals surface area contributed by atoms with Gasteiger partial charge in [-0.15, -0.1) is 24.8 Å². The summed E-state index contributed by atoms with van der Waals surface area (Å²) in [7, 11) is 0. The van der Waals surface area contributed by atoms with Crippen molar-refractivity contribution >= 4 is 36.7 Å². The summed E-state index contributed by atoms with van der Waals surface area (Å²) in [5, 5.41) is 0. The first-order chi connectivity index (χ1) is 12.0. The average Bonchev–Trinajstić information content (AvgIpc) is 3.15. The van der Waals surface area contributed by atoms with Gasteiger partial charge >= 0.3 is 170 Å². The Labute approximate surface area is 193 Å². The largest absolute Gasteiger partial charge is 0.147 e. The molecule has 0 spiro atoms. The summed E-state index contributed by atoms with van der Waals surface area (Å²) in [5.74, 6) is 1.42. The Morgan fingerprint density at radius 2 is 1.39 bits per heavy atom. The van der Waals surface area contributed by atoms with Gasteiger partial charge in [-0.05, 0) is 0 Å². The molecule has 162 valence electrons. The van der Waals surface area contributed by atoms with Crippen molar-refractivity contribution in [1.82, 2.24) is 0 Å². The SMILES string of the molecule is CC(C)C1=CC(C(C)C)[C]([Zr]([C]2=CC=C(C(C)C)C2)([SiH](C)C)[SiH](C)C)=C1.Cl.Cl. The van der Waals surface area contributed by atoms with Crippen molar-refractivity contribution in [2.24, 2.45) is 23.7 Å². The normalized spacial score (nSPS) is 19.8. The molecule has 0 heterocycles. The van der Waals surface area contributed by atoms with Gasteiger partial charge in [0.2, 0.25) is 0 Å². The summed E-state index contributed by atoms with van der Waals surface area (Å²) in [6.45, 7) is 25.3. The van der Waals surface area contributed by atoms with Gasteiger partial charge in [0.15, 0.2) is 0 Å². The van der Waals surface area contributed by atoms with Crippen molar-refractivity contribution < 1.29 is 18.6 Å². The van der Waals surface area contributed by atoms with Gasteiger partial charge in [-0.2, -0.15) is 0 Å². The van der Waals surface area contributed by atoms with Gasteiger partial charge in [0, 0.05) is 0 Å². The van der Waals surface area contributed by atoms with E-state index < -0.39 is 30.4 Å². The van der Waals surface area contributed by atoms with Gasteiger partial charge in [0.05, 0.1) is 0 Å². The summed E-state index contributed by atoms with van der Waals surface area (Å²) in [5.41, 5.74) is 3.34. The van der Waals surface area contributed by atoms with Crippen LogP contribution in [0.3, 0.4) is 0 Å². The van der Waals surface area contributed by atoms with E-state index in [1.807, 2.05) is 6.56 Å². The molecule has 2 aliphatic carbocycles. The molecular weight excluding hydrogens is 495 g/mol. The number of halogens is 2. The zero-order valence-electron chi connectivity index (χ0n) is 19.8. The molecule has 0 nitrogen and oxygen atoms in total. The van der Waals surface area contributed by atoms with Gasteiger partial charge in [-0.25, -0.2) is 0 Å². The van der Waals surface area contributed by atoms with E-state index in [1.54, 1.807) is 11.1 Å². The minimum Gasteiger partial charge on any atom is -0.147 e. The maximum Gasteiger partial charge on any atom is -0.147 e. The van der Waals surface area contributed by atoms with Crippen LogP contribution >= 0.6 is 24.8 Å². The zero-order valence-corrected chi connectivity index (χ0v) is 26.2. The van der Waals surface area contributed by atoms with Crippen molar-refractivity contribution in [2.45, 2.75) is 74.2 Å². The van der Waals surface area contributed by atoms with Crippen LogP contribution in [0.15, 0.2) is 42.0 Å². The molecule has 0 saturated heterocycles. The minimum absolute atomic E-state index is 0. The molecule has 0 amide bonds. The van der Waals surface area contributed by atoms with E-state index in [0.717, 1.165) is 11.8 Å². The zero-order chi connectivity index (χ0) is 19.8. The molecule has 28 heavy (non-hydrogen) atoms. The van der Waals surface area contributed by atoms with Crippen LogP contribution in [0.5, 0.6) is 0 Å². The monoisotopic (exact) mass is 536 g/mol. The molecule has 0 saturated carbocycles. The van der Waals surface area contributed by atoms with Crippen LogP contribution in [0.2, 0.25) is 26.2 Å². The molecule has 0 aliphatic heterocycles. The van der Waals surface area contributed by atoms with Crippen molar-refractivity contribution in [1.29, 1.82) is 0 Å². The third-order valence-electron chi connectivity index (χ3n) is 6.90. The van der Waals surface area contributed by atoms with Crippen LogP contribution in [0.4, 0.5) is 0 Å². The fourth-order valence-corrected chi connectivity index (χ4v) is 75.8. The Bertz CT molecular complexity index is 648. The molecule has 2 aliphatic rings. The molecule has 0 N–H and O–H groups in total. The van der Waals surface area contributed by atoms with Crippen molar-refractivity contribution in [3.05, 3.63) is 42.0 Å². The predicted molar refractivity (Wildman–Crippen MR) is 137 cm³/mol. The second-order valence-electron chi connectivity index (χ2n) is 10.1. The predicted octanol–water partition coefficient (Wildman–Crippen LogP) is 7.57. The molecule has 0 fully saturated rings. The fraction of sp³-hybridized carbons (Fsp3) is 0.652. The van der Waals surface area contributed by atoms with E-state index in [0.29, 0.717) is 11.8 Å². The third kappa shape index (κ3) is 5.36. The maximum absolute atomic E-state index is 2.75. The van der Waals surface area contributed by atoms with Gasteiger partial charge in [-0.1, -0.05) is 0 Å². The second-order valence-corrected chi connectivity index (χ2v) is 53.8. The van der Waals surface area contributed by atoms with Crippen LogP contribution in [-0.4, -0.2) is 11.8 Å². The summed E-state index contributed by atoms with van der Waals surface area (Å²) in [6, 6.07) is 0. The quantitative estimate of drug-likeness (QED) is 0.293. The molecule has 1 unspecified atom stereocenters. The Morgan fingerprint density at radius 3 is 1.75 bits per heavy atom. The van der Waals surface area contributed by atoms with E-state index in [-0.39, 0.29) is 24.8 Å². The Morgan fingerprint density at radius 1 is 0.857 bits per heavy atom. The van der Waals surface area contributed by atoms with Crippen LogP contribution in [0.1, 0.15) is 48.0 Å². The van der Waals surface area contributed by atoms with Crippen molar-refractivity contribution in [3.8, 4) is 0 Å². The molecule has 0 radical (unpaired) electrons. The van der Waals surface area contributed by atoms with Gasteiger partial charge < -0.3 is 0 Å². The number of rotatable bonds is 7. The van der Waals surface area contributed by atoms with Gasteiger partial charge in [0.1, 0.15) is 0 Å². The van der Waals surface area contributed by atoms with Crippen molar-refractivity contribution in [3.63, 3.8) is 0 Å². The Kier molecular flexibility index (Phi) is 11.8. The Balaban J connectivity index is 0.00000364. The fourth-order valence-electron chi connectivity index (χ4n) is 5.41.